The second-order valence-corrected chi connectivity index (χ2v) is 5.45. The molecule has 0 fully saturated rings. The van der Waals surface area contributed by atoms with E-state index in [1.165, 1.54) is 38.5 Å². The van der Waals surface area contributed by atoms with Crippen LogP contribution in [0.5, 0.6) is 17.2 Å². The lowest BCUT2D eigenvalue weighted by molar-refractivity contribution is 0.283. The molecule has 0 saturated heterocycles. The normalized spacial score (nSPS) is 10.6. The average Bonchev–Trinajstić information content (AvgIpc) is 2.48. The fraction of sp³-hybridized carbons (Fsp3) is 0.667. The number of phenolic OH excluding ortho intramolecular Hbond substituents is 1. The van der Waals surface area contributed by atoms with Crippen LogP contribution in [0.15, 0.2) is 18.2 Å². The molecular weight excluding hydrogens is 264 g/mol. The van der Waals surface area contributed by atoms with Crippen molar-refractivity contribution in [3.63, 3.8) is 0 Å². The molecule has 0 atom stereocenters. The third-order valence-corrected chi connectivity index (χ3v) is 3.45. The van der Waals surface area contributed by atoms with E-state index >= 15 is 0 Å². The smallest absolute Gasteiger partial charge is 0.161 e. The number of hydrogen-bond donors (Lipinski definition) is 1. The molecule has 0 aliphatic heterocycles. The lowest BCUT2D eigenvalue weighted by atomic mass is 10.2. The summed E-state index contributed by atoms with van der Waals surface area (Å²) in [5, 5.41) is 9.93. The predicted molar refractivity (Wildman–Crippen MR) is 87.4 cm³/mol. The summed E-state index contributed by atoms with van der Waals surface area (Å²) in [7, 11) is 0. The molecule has 0 aromatic heterocycles. The van der Waals surface area contributed by atoms with Gasteiger partial charge < -0.3 is 14.6 Å². The first-order valence-corrected chi connectivity index (χ1v) is 8.36. The van der Waals surface area contributed by atoms with Crippen molar-refractivity contribution in [2.45, 2.75) is 65.2 Å². The van der Waals surface area contributed by atoms with Gasteiger partial charge in [0.05, 0.1) is 13.2 Å². The van der Waals surface area contributed by atoms with E-state index in [0.717, 1.165) is 12.8 Å². The number of phenols is 1. The van der Waals surface area contributed by atoms with Crippen LogP contribution in [0.1, 0.15) is 65.2 Å². The average molecular weight is 294 g/mol. The fourth-order valence-electron chi connectivity index (χ4n) is 2.14. The van der Waals surface area contributed by atoms with Crippen molar-refractivity contribution in [1.29, 1.82) is 0 Å². The maximum atomic E-state index is 9.93. The zero-order chi connectivity index (χ0) is 15.3. The maximum absolute atomic E-state index is 9.93. The third-order valence-electron chi connectivity index (χ3n) is 3.45. The highest BCUT2D eigenvalue weighted by atomic mass is 16.5. The van der Waals surface area contributed by atoms with E-state index < -0.39 is 0 Å². The summed E-state index contributed by atoms with van der Waals surface area (Å²) in [5.74, 6) is 1.42. The monoisotopic (exact) mass is 294 g/mol. The Labute approximate surface area is 129 Å². The molecule has 3 heteroatoms. The molecule has 0 spiro atoms. The van der Waals surface area contributed by atoms with Crippen LogP contribution in [0.25, 0.3) is 0 Å². The van der Waals surface area contributed by atoms with E-state index in [-0.39, 0.29) is 5.75 Å². The van der Waals surface area contributed by atoms with Crippen molar-refractivity contribution in [1.82, 2.24) is 0 Å². The summed E-state index contributed by atoms with van der Waals surface area (Å²) in [4.78, 5) is 0. The lowest BCUT2D eigenvalue weighted by Gasteiger charge is -2.10. The van der Waals surface area contributed by atoms with Crippen LogP contribution in [0.3, 0.4) is 0 Å². The van der Waals surface area contributed by atoms with Gasteiger partial charge in [-0.3, -0.25) is 0 Å². The second-order valence-electron chi connectivity index (χ2n) is 5.45. The van der Waals surface area contributed by atoms with E-state index in [1.807, 2.05) is 6.07 Å². The Morgan fingerprint density at radius 1 is 0.810 bits per heavy atom. The lowest BCUT2D eigenvalue weighted by Crippen LogP contribution is -1.99. The number of benzene rings is 1. The van der Waals surface area contributed by atoms with Crippen molar-refractivity contribution in [3.8, 4) is 17.2 Å². The Hall–Kier alpha value is -1.38. The summed E-state index contributed by atoms with van der Waals surface area (Å²) in [6.07, 6.45) is 9.39. The van der Waals surface area contributed by atoms with Gasteiger partial charge in [0, 0.05) is 6.07 Å². The van der Waals surface area contributed by atoms with Gasteiger partial charge >= 0.3 is 0 Å². The van der Waals surface area contributed by atoms with Crippen molar-refractivity contribution in [3.05, 3.63) is 18.2 Å². The SMILES string of the molecule is CCCCCCOc1ccc(OCCCCCC)c(O)c1. The Morgan fingerprint density at radius 2 is 1.43 bits per heavy atom. The van der Waals surface area contributed by atoms with Gasteiger partial charge in [0.2, 0.25) is 0 Å². The highest BCUT2D eigenvalue weighted by molar-refractivity contribution is 5.44. The molecule has 0 heterocycles. The number of ether oxygens (including phenoxy) is 2. The molecule has 0 aliphatic carbocycles. The topological polar surface area (TPSA) is 38.7 Å². The van der Waals surface area contributed by atoms with E-state index in [4.69, 9.17) is 9.47 Å². The molecule has 1 N–H and O–H groups in total. The van der Waals surface area contributed by atoms with Crippen molar-refractivity contribution in [2.24, 2.45) is 0 Å². The highest BCUT2D eigenvalue weighted by Gasteiger charge is 2.04. The first kappa shape index (κ1) is 17.7. The molecule has 0 radical (unpaired) electrons. The summed E-state index contributed by atoms with van der Waals surface area (Å²) < 4.78 is 11.2. The zero-order valence-electron chi connectivity index (χ0n) is 13.6. The van der Waals surface area contributed by atoms with Crippen molar-refractivity contribution >= 4 is 0 Å². The van der Waals surface area contributed by atoms with Crippen LogP contribution < -0.4 is 9.47 Å². The number of unbranched alkanes of at least 4 members (excludes halogenated alkanes) is 6. The van der Waals surface area contributed by atoms with Crippen molar-refractivity contribution in [2.75, 3.05) is 13.2 Å². The van der Waals surface area contributed by atoms with Crippen LogP contribution in [0, 0.1) is 0 Å². The van der Waals surface area contributed by atoms with E-state index in [9.17, 15) is 5.11 Å². The van der Waals surface area contributed by atoms with Gasteiger partial charge in [0.15, 0.2) is 11.5 Å². The summed E-state index contributed by atoms with van der Waals surface area (Å²) in [5.41, 5.74) is 0. The minimum atomic E-state index is 0.163. The maximum Gasteiger partial charge on any atom is 0.161 e. The Morgan fingerprint density at radius 3 is 2.00 bits per heavy atom. The van der Waals surface area contributed by atoms with Crippen LogP contribution in [0.4, 0.5) is 0 Å². The van der Waals surface area contributed by atoms with E-state index in [0.29, 0.717) is 24.7 Å². The molecule has 3 nitrogen and oxygen atoms in total. The van der Waals surface area contributed by atoms with Gasteiger partial charge in [-0.15, -0.1) is 0 Å². The largest absolute Gasteiger partial charge is 0.504 e. The van der Waals surface area contributed by atoms with Gasteiger partial charge in [-0.2, -0.15) is 0 Å². The molecule has 1 aromatic rings. The van der Waals surface area contributed by atoms with Gasteiger partial charge in [-0.05, 0) is 25.0 Å². The fourth-order valence-corrected chi connectivity index (χ4v) is 2.14. The number of aromatic hydroxyl groups is 1. The van der Waals surface area contributed by atoms with Crippen LogP contribution in [0.2, 0.25) is 0 Å². The van der Waals surface area contributed by atoms with Crippen LogP contribution in [-0.2, 0) is 0 Å². The van der Waals surface area contributed by atoms with Crippen molar-refractivity contribution < 1.29 is 14.6 Å². The third kappa shape index (κ3) is 7.84. The van der Waals surface area contributed by atoms with Crippen LogP contribution in [-0.4, -0.2) is 18.3 Å². The molecule has 0 aliphatic rings. The van der Waals surface area contributed by atoms with Gasteiger partial charge in [0.25, 0.3) is 0 Å². The van der Waals surface area contributed by atoms with Crippen LogP contribution >= 0.6 is 0 Å². The molecule has 0 saturated carbocycles. The minimum absolute atomic E-state index is 0.163. The molecule has 21 heavy (non-hydrogen) atoms. The molecule has 1 aromatic carbocycles. The first-order chi connectivity index (χ1) is 10.3. The van der Waals surface area contributed by atoms with Gasteiger partial charge in [0.1, 0.15) is 5.75 Å². The standard InChI is InChI=1S/C18H30O3/c1-3-5-7-9-13-20-16-11-12-18(17(19)15-16)21-14-10-8-6-4-2/h11-12,15,19H,3-10,13-14H2,1-2H3. The second kappa shape index (κ2) is 11.3. The van der Waals surface area contributed by atoms with E-state index in [1.54, 1.807) is 12.1 Å². The molecule has 120 valence electrons. The van der Waals surface area contributed by atoms with Gasteiger partial charge in [-0.25, -0.2) is 0 Å². The molecule has 0 bridgehead atoms. The highest BCUT2D eigenvalue weighted by Crippen LogP contribution is 2.30. The first-order valence-electron chi connectivity index (χ1n) is 8.36. The van der Waals surface area contributed by atoms with E-state index in [2.05, 4.69) is 13.8 Å². The Balaban J connectivity index is 2.27. The zero-order valence-corrected chi connectivity index (χ0v) is 13.6. The molecule has 0 amide bonds. The summed E-state index contributed by atoms with van der Waals surface area (Å²) in [6.45, 7) is 5.75. The Kier molecular flexibility index (Phi) is 9.51. The minimum Gasteiger partial charge on any atom is -0.504 e. The number of hydrogen-bond acceptors (Lipinski definition) is 3. The van der Waals surface area contributed by atoms with Gasteiger partial charge in [-0.1, -0.05) is 52.4 Å². The summed E-state index contributed by atoms with van der Waals surface area (Å²) >= 11 is 0. The molecule has 0 unspecified atom stereocenters. The molecular formula is C18H30O3. The quantitative estimate of drug-likeness (QED) is 0.531. The number of rotatable bonds is 12. The predicted octanol–water partition coefficient (Wildman–Crippen LogP) is 5.31. The Bertz CT molecular complexity index is 377. The summed E-state index contributed by atoms with van der Waals surface area (Å²) in [6, 6.07) is 5.29. The molecule has 1 rings (SSSR count).